The van der Waals surface area contributed by atoms with Gasteiger partial charge in [-0.05, 0) is 29.0 Å². The fourth-order valence-electron chi connectivity index (χ4n) is 2.06. The molecule has 0 spiro atoms. The zero-order valence-corrected chi connectivity index (χ0v) is 9.33. The van der Waals surface area contributed by atoms with Gasteiger partial charge in [0.05, 0.1) is 10.8 Å². The lowest BCUT2D eigenvalue weighted by Gasteiger charge is -1.99. The summed E-state index contributed by atoms with van der Waals surface area (Å²) in [5.41, 5.74) is 0. The number of rotatable bonds is 1. The van der Waals surface area contributed by atoms with E-state index in [0.717, 1.165) is 26.4 Å². The maximum Gasteiger partial charge on any atom is 0.506 e. The third-order valence-electron chi connectivity index (χ3n) is 2.81. The van der Waals surface area contributed by atoms with Gasteiger partial charge < -0.3 is 0 Å². The minimum Gasteiger partial charge on any atom is -0.0616 e. The van der Waals surface area contributed by atoms with Crippen molar-refractivity contribution in [2.75, 3.05) is 0 Å². The lowest BCUT2D eigenvalue weighted by molar-refractivity contribution is 0.605. The fourth-order valence-corrected chi connectivity index (χ4v) is 2.61. The second kappa shape index (κ2) is 3.65. The first-order valence-corrected chi connectivity index (χ1v) is 5.84. The molecule has 0 aliphatic rings. The van der Waals surface area contributed by atoms with Crippen LogP contribution in [0.1, 0.15) is 0 Å². The smallest absolute Gasteiger partial charge is 0.0616 e. The van der Waals surface area contributed by atoms with Crippen molar-refractivity contribution in [2.24, 2.45) is 0 Å². The highest BCUT2D eigenvalue weighted by Crippen LogP contribution is 2.28. The van der Waals surface area contributed by atoms with Crippen LogP contribution in [-0.4, -0.2) is 0 Å². The molecule has 0 heterocycles. The van der Waals surface area contributed by atoms with Crippen LogP contribution in [0.4, 0.5) is 0 Å². The van der Waals surface area contributed by atoms with E-state index in [2.05, 4.69) is 6.07 Å². The van der Waals surface area contributed by atoms with Crippen molar-refractivity contribution in [3.63, 3.8) is 0 Å². The molecule has 0 unspecified atom stereocenters. The van der Waals surface area contributed by atoms with Gasteiger partial charge in [0, 0.05) is 4.21 Å². The Kier molecular flexibility index (Phi) is 2.15. The van der Waals surface area contributed by atoms with Crippen molar-refractivity contribution in [1.29, 1.82) is 0 Å². The van der Waals surface area contributed by atoms with Crippen molar-refractivity contribution in [1.82, 2.24) is 0 Å². The summed E-state index contributed by atoms with van der Waals surface area (Å²) in [6.07, 6.45) is 0. The largest absolute Gasteiger partial charge is 0.506 e. The predicted molar refractivity (Wildman–Crippen MR) is 67.8 cm³/mol. The third kappa shape index (κ3) is 1.31. The predicted octanol–water partition coefficient (Wildman–Crippen LogP) is 3.78. The highest BCUT2D eigenvalue weighted by atomic mass is 32.1. The minimum absolute atomic E-state index is 0.578. The quantitative estimate of drug-likeness (QED) is 0.455. The van der Waals surface area contributed by atoms with E-state index >= 15 is 0 Å². The summed E-state index contributed by atoms with van der Waals surface area (Å²) in [7, 11) is 0. The molecule has 3 aromatic rings. The van der Waals surface area contributed by atoms with Gasteiger partial charge in [-0.25, -0.2) is 0 Å². The Labute approximate surface area is 97.2 Å². The minimum atomic E-state index is 0.578. The SMILES string of the molecule is O=[S+]c1c2ccccc2cc2ccccc12. The van der Waals surface area contributed by atoms with Crippen molar-refractivity contribution < 1.29 is 4.21 Å². The van der Waals surface area contributed by atoms with Crippen molar-refractivity contribution in [2.45, 2.75) is 4.90 Å². The van der Waals surface area contributed by atoms with Crippen LogP contribution in [0.3, 0.4) is 0 Å². The van der Waals surface area contributed by atoms with E-state index in [9.17, 15) is 4.21 Å². The van der Waals surface area contributed by atoms with Crippen molar-refractivity contribution in [3.05, 3.63) is 54.6 Å². The molecule has 0 aromatic heterocycles. The van der Waals surface area contributed by atoms with E-state index in [0.29, 0.717) is 11.7 Å². The summed E-state index contributed by atoms with van der Waals surface area (Å²) >= 11 is 0.578. The molecule has 0 atom stereocenters. The lowest BCUT2D eigenvalue weighted by Crippen LogP contribution is -1.83. The summed E-state index contributed by atoms with van der Waals surface area (Å²) in [5.74, 6) is 0. The summed E-state index contributed by atoms with van der Waals surface area (Å²) in [5, 5.41) is 4.33. The number of hydrogen-bond acceptors (Lipinski definition) is 1. The Hall–Kier alpha value is -1.80. The first-order valence-electron chi connectivity index (χ1n) is 5.10. The molecule has 16 heavy (non-hydrogen) atoms. The van der Waals surface area contributed by atoms with E-state index in [4.69, 9.17) is 0 Å². The monoisotopic (exact) mass is 225 g/mol. The van der Waals surface area contributed by atoms with E-state index < -0.39 is 0 Å². The Morgan fingerprint density at radius 2 is 1.25 bits per heavy atom. The van der Waals surface area contributed by atoms with Crippen LogP contribution >= 0.6 is 0 Å². The molecule has 0 amide bonds. The molecule has 3 aromatic carbocycles. The van der Waals surface area contributed by atoms with E-state index in [1.807, 2.05) is 48.5 Å². The number of fused-ring (bicyclic) bond motifs is 2. The molecule has 0 fully saturated rings. The van der Waals surface area contributed by atoms with Gasteiger partial charge in [-0.1, -0.05) is 36.4 Å². The van der Waals surface area contributed by atoms with Gasteiger partial charge in [-0.2, -0.15) is 0 Å². The summed E-state index contributed by atoms with van der Waals surface area (Å²) in [4.78, 5) is 0.828. The summed E-state index contributed by atoms with van der Waals surface area (Å²) in [6.45, 7) is 0. The second-order valence-electron chi connectivity index (χ2n) is 3.73. The highest BCUT2D eigenvalue weighted by molar-refractivity contribution is 7.66. The van der Waals surface area contributed by atoms with Crippen molar-refractivity contribution >= 4 is 33.2 Å². The maximum absolute atomic E-state index is 11.3. The van der Waals surface area contributed by atoms with Gasteiger partial charge in [0.25, 0.3) is 0 Å². The third-order valence-corrected chi connectivity index (χ3v) is 3.41. The first kappa shape index (κ1) is 9.43. The zero-order chi connectivity index (χ0) is 11.0. The topological polar surface area (TPSA) is 17.1 Å². The number of hydrogen-bond donors (Lipinski definition) is 0. The highest BCUT2D eigenvalue weighted by Gasteiger charge is 2.17. The van der Waals surface area contributed by atoms with Gasteiger partial charge in [-0.15, -0.1) is 0 Å². The van der Waals surface area contributed by atoms with Gasteiger partial charge in [0.1, 0.15) is 0 Å². The molecular formula is C14H9OS+. The molecule has 0 saturated heterocycles. The number of benzene rings is 3. The van der Waals surface area contributed by atoms with Crippen LogP contribution in [0.5, 0.6) is 0 Å². The Morgan fingerprint density at radius 1 is 0.750 bits per heavy atom. The van der Waals surface area contributed by atoms with Gasteiger partial charge >= 0.3 is 16.6 Å². The second-order valence-corrected chi connectivity index (χ2v) is 4.31. The Bertz CT molecular complexity index is 634. The standard InChI is InChI=1S/C14H9OS/c15-16-14-12-7-3-1-5-10(12)9-11-6-2-4-8-13(11)14/h1-9H/q+1. The molecular weight excluding hydrogens is 216 g/mol. The van der Waals surface area contributed by atoms with Crippen LogP contribution < -0.4 is 0 Å². The molecule has 2 heteroatoms. The van der Waals surface area contributed by atoms with Crippen LogP contribution in [-0.2, 0) is 15.9 Å². The van der Waals surface area contributed by atoms with Crippen molar-refractivity contribution in [3.8, 4) is 0 Å². The Balaban J connectivity index is 2.61. The molecule has 0 aliphatic carbocycles. The summed E-state index contributed by atoms with van der Waals surface area (Å²) in [6, 6.07) is 18.2. The summed E-state index contributed by atoms with van der Waals surface area (Å²) < 4.78 is 11.3. The fraction of sp³-hybridized carbons (Fsp3) is 0. The maximum atomic E-state index is 11.3. The van der Waals surface area contributed by atoms with Crippen LogP contribution in [0.25, 0.3) is 21.5 Å². The lowest BCUT2D eigenvalue weighted by atomic mass is 10.0. The van der Waals surface area contributed by atoms with Crippen LogP contribution in [0.2, 0.25) is 0 Å². The molecule has 1 nitrogen and oxygen atoms in total. The van der Waals surface area contributed by atoms with Gasteiger partial charge in [-0.3, -0.25) is 0 Å². The molecule has 3 rings (SSSR count). The van der Waals surface area contributed by atoms with Gasteiger partial charge in [0.15, 0.2) is 0 Å². The molecule has 0 saturated carbocycles. The molecule has 0 aliphatic heterocycles. The first-order chi connectivity index (χ1) is 7.90. The Morgan fingerprint density at radius 3 is 1.75 bits per heavy atom. The van der Waals surface area contributed by atoms with Crippen LogP contribution in [0.15, 0.2) is 59.5 Å². The van der Waals surface area contributed by atoms with E-state index in [1.165, 1.54) is 0 Å². The molecule has 0 N–H and O–H groups in total. The zero-order valence-electron chi connectivity index (χ0n) is 8.51. The average molecular weight is 225 g/mol. The van der Waals surface area contributed by atoms with Gasteiger partial charge in [0.2, 0.25) is 0 Å². The molecule has 0 radical (unpaired) electrons. The average Bonchev–Trinajstić information content (AvgIpc) is 2.36. The normalized spacial score (nSPS) is 10.8. The molecule has 76 valence electrons. The van der Waals surface area contributed by atoms with E-state index in [1.54, 1.807) is 0 Å². The van der Waals surface area contributed by atoms with E-state index in [-0.39, 0.29) is 0 Å². The molecule has 0 bridgehead atoms. The van der Waals surface area contributed by atoms with Crippen LogP contribution in [0, 0.1) is 0 Å².